The minimum Gasteiger partial charge on any atom is -0.378 e. The molecule has 2 heteroatoms. The van der Waals surface area contributed by atoms with Gasteiger partial charge < -0.3 is 4.74 Å². The molecular formula is C21H44OS. The predicted octanol–water partition coefficient (Wildman–Crippen LogP) is 7.63. The maximum absolute atomic E-state index is 5.55. The van der Waals surface area contributed by atoms with Gasteiger partial charge in [0.2, 0.25) is 0 Å². The summed E-state index contributed by atoms with van der Waals surface area (Å²) in [4.78, 5) is 0. The number of thioether (sulfide) groups is 1. The quantitative estimate of drug-likeness (QED) is 0.223. The Labute approximate surface area is 151 Å². The van der Waals surface area contributed by atoms with Crippen LogP contribution in [-0.2, 0) is 4.74 Å². The molecular weight excluding hydrogens is 300 g/mol. The van der Waals surface area contributed by atoms with E-state index in [1.54, 1.807) is 0 Å². The minimum atomic E-state index is 0.427. The molecule has 1 atom stereocenters. The number of ether oxygens (including phenoxy) is 1. The van der Waals surface area contributed by atoms with E-state index in [9.17, 15) is 0 Å². The van der Waals surface area contributed by atoms with Crippen molar-refractivity contribution in [2.24, 2.45) is 0 Å². The first kappa shape index (κ1) is 23.3. The maximum atomic E-state index is 5.55. The zero-order chi connectivity index (χ0) is 17.0. The molecule has 0 aliphatic carbocycles. The normalized spacial score (nSPS) is 12.7. The second-order valence-electron chi connectivity index (χ2n) is 6.94. The van der Waals surface area contributed by atoms with Crippen LogP contribution in [0.15, 0.2) is 0 Å². The number of rotatable bonds is 19. The summed E-state index contributed by atoms with van der Waals surface area (Å²) >= 11 is 2.06. The van der Waals surface area contributed by atoms with Crippen molar-refractivity contribution in [3.8, 4) is 0 Å². The Morgan fingerprint density at radius 1 is 0.652 bits per heavy atom. The fraction of sp³-hybridized carbons (Fsp3) is 1.00. The molecule has 0 amide bonds. The van der Waals surface area contributed by atoms with Crippen LogP contribution in [0.3, 0.4) is 0 Å². The van der Waals surface area contributed by atoms with Crippen molar-refractivity contribution in [2.75, 3.05) is 18.1 Å². The zero-order valence-electron chi connectivity index (χ0n) is 16.4. The summed E-state index contributed by atoms with van der Waals surface area (Å²) in [6, 6.07) is 0. The molecule has 0 saturated heterocycles. The molecule has 1 nitrogen and oxygen atoms in total. The Morgan fingerprint density at radius 2 is 1.09 bits per heavy atom. The third kappa shape index (κ3) is 20.3. The Kier molecular flexibility index (Phi) is 20.6. The highest BCUT2D eigenvalue weighted by Crippen LogP contribution is 2.14. The lowest BCUT2D eigenvalue weighted by Crippen LogP contribution is -2.10. The van der Waals surface area contributed by atoms with Gasteiger partial charge in [-0.3, -0.25) is 0 Å². The summed E-state index contributed by atoms with van der Waals surface area (Å²) in [5.41, 5.74) is 0. The molecule has 23 heavy (non-hydrogen) atoms. The lowest BCUT2D eigenvalue weighted by atomic mass is 10.0. The summed E-state index contributed by atoms with van der Waals surface area (Å²) in [6.07, 6.45) is 20.7. The average molecular weight is 345 g/mol. The lowest BCUT2D eigenvalue weighted by molar-refractivity contribution is 0.0932. The molecule has 0 aromatic heterocycles. The van der Waals surface area contributed by atoms with Gasteiger partial charge in [-0.15, -0.1) is 0 Å². The van der Waals surface area contributed by atoms with Crippen molar-refractivity contribution in [3.05, 3.63) is 0 Å². The third-order valence-electron chi connectivity index (χ3n) is 4.45. The van der Waals surface area contributed by atoms with E-state index in [0.29, 0.717) is 6.10 Å². The molecule has 0 radical (unpaired) electrons. The van der Waals surface area contributed by atoms with Gasteiger partial charge in [0.05, 0.1) is 6.10 Å². The van der Waals surface area contributed by atoms with Crippen LogP contribution in [-0.4, -0.2) is 24.2 Å². The fourth-order valence-corrected chi connectivity index (χ4v) is 3.98. The van der Waals surface area contributed by atoms with Crippen LogP contribution in [0.1, 0.15) is 111 Å². The molecule has 1 unspecified atom stereocenters. The number of hydrogen-bond acceptors (Lipinski definition) is 2. The molecule has 0 rings (SSSR count). The van der Waals surface area contributed by atoms with Crippen molar-refractivity contribution >= 4 is 11.8 Å². The van der Waals surface area contributed by atoms with E-state index in [2.05, 4.69) is 32.5 Å². The minimum absolute atomic E-state index is 0.427. The highest BCUT2D eigenvalue weighted by Gasteiger charge is 2.00. The summed E-state index contributed by atoms with van der Waals surface area (Å²) in [5.74, 6) is 2.47. The Balaban J connectivity index is 3.00. The standard InChI is InChI=1S/C21H44OS/c1-4-6-7-8-9-10-11-12-13-14-15-16-17-18-19-23-20-21(3)22-5-2/h21H,4-20H2,1-3H3. The van der Waals surface area contributed by atoms with E-state index in [1.165, 1.54) is 95.6 Å². The van der Waals surface area contributed by atoms with Crippen molar-refractivity contribution in [1.29, 1.82) is 0 Å². The number of hydrogen-bond donors (Lipinski definition) is 0. The van der Waals surface area contributed by atoms with Gasteiger partial charge in [-0.1, -0.05) is 90.4 Å². The van der Waals surface area contributed by atoms with E-state index >= 15 is 0 Å². The topological polar surface area (TPSA) is 9.23 Å². The molecule has 0 fully saturated rings. The Bertz CT molecular complexity index is 208. The molecule has 0 heterocycles. The van der Waals surface area contributed by atoms with E-state index in [0.717, 1.165) is 12.4 Å². The van der Waals surface area contributed by atoms with Crippen molar-refractivity contribution < 1.29 is 4.74 Å². The molecule has 0 aromatic carbocycles. The highest BCUT2D eigenvalue weighted by molar-refractivity contribution is 7.99. The van der Waals surface area contributed by atoms with Crippen LogP contribution in [0.5, 0.6) is 0 Å². The maximum Gasteiger partial charge on any atom is 0.0637 e. The van der Waals surface area contributed by atoms with Crippen LogP contribution in [0.2, 0.25) is 0 Å². The molecule has 0 saturated carbocycles. The smallest absolute Gasteiger partial charge is 0.0637 e. The Morgan fingerprint density at radius 3 is 1.52 bits per heavy atom. The summed E-state index contributed by atoms with van der Waals surface area (Å²) in [6.45, 7) is 7.40. The van der Waals surface area contributed by atoms with Crippen LogP contribution < -0.4 is 0 Å². The first-order chi connectivity index (χ1) is 11.3. The van der Waals surface area contributed by atoms with Gasteiger partial charge in [-0.05, 0) is 26.0 Å². The van der Waals surface area contributed by atoms with Gasteiger partial charge in [-0.25, -0.2) is 0 Å². The van der Waals surface area contributed by atoms with Gasteiger partial charge in [-0.2, -0.15) is 11.8 Å². The molecule has 0 bridgehead atoms. The van der Waals surface area contributed by atoms with Crippen molar-refractivity contribution in [1.82, 2.24) is 0 Å². The van der Waals surface area contributed by atoms with E-state index < -0.39 is 0 Å². The molecule has 0 aliphatic heterocycles. The first-order valence-corrected chi connectivity index (χ1v) is 11.7. The SMILES string of the molecule is CCCCCCCCCCCCCCCCSCC(C)OCC. The van der Waals surface area contributed by atoms with Crippen molar-refractivity contribution in [3.63, 3.8) is 0 Å². The first-order valence-electron chi connectivity index (χ1n) is 10.5. The summed E-state index contributed by atoms with van der Waals surface area (Å²) in [7, 11) is 0. The van der Waals surface area contributed by atoms with Crippen LogP contribution in [0.25, 0.3) is 0 Å². The highest BCUT2D eigenvalue weighted by atomic mass is 32.2. The molecule has 0 aliphatic rings. The number of unbranched alkanes of at least 4 members (excludes halogenated alkanes) is 13. The van der Waals surface area contributed by atoms with Crippen molar-refractivity contribution in [2.45, 2.75) is 117 Å². The molecule has 140 valence electrons. The van der Waals surface area contributed by atoms with E-state index in [1.807, 2.05) is 0 Å². The third-order valence-corrected chi connectivity index (χ3v) is 5.73. The largest absolute Gasteiger partial charge is 0.378 e. The molecule has 0 N–H and O–H groups in total. The summed E-state index contributed by atoms with van der Waals surface area (Å²) in [5, 5.41) is 0. The van der Waals surface area contributed by atoms with Gasteiger partial charge in [0.15, 0.2) is 0 Å². The Hall–Kier alpha value is 0.310. The fourth-order valence-electron chi connectivity index (χ4n) is 2.98. The van der Waals surface area contributed by atoms with Gasteiger partial charge in [0.1, 0.15) is 0 Å². The predicted molar refractivity (Wildman–Crippen MR) is 109 cm³/mol. The molecule has 0 spiro atoms. The second-order valence-corrected chi connectivity index (χ2v) is 8.09. The monoisotopic (exact) mass is 344 g/mol. The van der Waals surface area contributed by atoms with Gasteiger partial charge in [0, 0.05) is 12.4 Å². The van der Waals surface area contributed by atoms with Crippen LogP contribution >= 0.6 is 11.8 Å². The van der Waals surface area contributed by atoms with Crippen LogP contribution in [0, 0.1) is 0 Å². The van der Waals surface area contributed by atoms with E-state index in [-0.39, 0.29) is 0 Å². The summed E-state index contributed by atoms with van der Waals surface area (Å²) < 4.78 is 5.55. The second kappa shape index (κ2) is 20.4. The zero-order valence-corrected chi connectivity index (χ0v) is 17.2. The van der Waals surface area contributed by atoms with Crippen LogP contribution in [0.4, 0.5) is 0 Å². The molecule has 0 aromatic rings. The van der Waals surface area contributed by atoms with E-state index in [4.69, 9.17) is 4.74 Å². The van der Waals surface area contributed by atoms with Gasteiger partial charge >= 0.3 is 0 Å². The lowest BCUT2D eigenvalue weighted by Gasteiger charge is -2.10. The average Bonchev–Trinajstić information content (AvgIpc) is 2.54. The van der Waals surface area contributed by atoms with Gasteiger partial charge in [0.25, 0.3) is 0 Å².